The first-order chi connectivity index (χ1) is 3.18. The van der Waals surface area contributed by atoms with Gasteiger partial charge in [0, 0.05) is 0 Å². The molecule has 1 atom stereocenters. The largest absolute Gasteiger partial charge is 0.386 e. The number of ketones is 1. The van der Waals surface area contributed by atoms with Crippen LogP contribution in [0.25, 0.3) is 0 Å². The van der Waals surface area contributed by atoms with Gasteiger partial charge in [-0.15, -0.1) is 0 Å². The molecule has 7 heavy (non-hydrogen) atoms. The summed E-state index contributed by atoms with van der Waals surface area (Å²) >= 11 is 3.65. The molecule has 0 aromatic carbocycles. The predicted molar refractivity (Wildman–Crippen MR) is 30.5 cm³/mol. The Morgan fingerprint density at radius 3 is 2.43 bits per heavy atom. The van der Waals surface area contributed by atoms with Crippen molar-refractivity contribution in [3.8, 4) is 0 Å². The molecule has 0 aromatic heterocycles. The Morgan fingerprint density at radius 1 is 2.00 bits per heavy atom. The summed E-state index contributed by atoms with van der Waals surface area (Å²) < 4.78 is 0. The lowest BCUT2D eigenvalue weighted by Crippen LogP contribution is -2.16. The van der Waals surface area contributed by atoms with E-state index in [1.54, 1.807) is 0 Å². The van der Waals surface area contributed by atoms with Gasteiger partial charge in [0.2, 0.25) is 0 Å². The fourth-order valence-electron chi connectivity index (χ4n) is 0.132. The number of carbonyl (C=O) groups excluding carboxylic acids is 1. The monoisotopic (exact) mass is 120 g/mol. The smallest absolute Gasteiger partial charge is 0.170 e. The summed E-state index contributed by atoms with van der Waals surface area (Å²) in [5.74, 6) is -0.110. The van der Waals surface area contributed by atoms with Gasteiger partial charge in [0.25, 0.3) is 0 Å². The van der Waals surface area contributed by atoms with Gasteiger partial charge in [0.15, 0.2) is 5.78 Å². The number of aliphatic hydroxyl groups excluding tert-OH is 1. The lowest BCUT2D eigenvalue weighted by Gasteiger charge is -1.95. The van der Waals surface area contributed by atoms with Crippen molar-refractivity contribution < 1.29 is 9.90 Å². The standard InChI is InChI=1S/C4H8O2S/c1-3(5)4(6)2-7/h3,5,7H,2H2,1H3. The van der Waals surface area contributed by atoms with Crippen molar-refractivity contribution in [2.24, 2.45) is 0 Å². The number of aliphatic hydroxyl groups is 1. The summed E-state index contributed by atoms with van der Waals surface area (Å²) in [5.41, 5.74) is 0. The molecule has 0 radical (unpaired) electrons. The highest BCUT2D eigenvalue weighted by atomic mass is 32.1. The van der Waals surface area contributed by atoms with E-state index in [-0.39, 0.29) is 11.5 Å². The maximum Gasteiger partial charge on any atom is 0.170 e. The number of thiol groups is 1. The lowest BCUT2D eigenvalue weighted by atomic mass is 10.3. The molecule has 0 saturated heterocycles. The van der Waals surface area contributed by atoms with E-state index in [0.717, 1.165) is 0 Å². The Morgan fingerprint density at radius 2 is 2.43 bits per heavy atom. The SMILES string of the molecule is CC(O)C(=O)CS. The maximum atomic E-state index is 10.2. The van der Waals surface area contributed by atoms with Gasteiger partial charge in [0.05, 0.1) is 5.75 Å². The van der Waals surface area contributed by atoms with Crippen LogP contribution in [0.1, 0.15) is 6.92 Å². The molecule has 0 aliphatic carbocycles. The summed E-state index contributed by atoms with van der Waals surface area (Å²) in [6, 6.07) is 0. The summed E-state index contributed by atoms with van der Waals surface area (Å²) in [5, 5.41) is 8.42. The van der Waals surface area contributed by atoms with Crippen LogP contribution in [0.3, 0.4) is 0 Å². The van der Waals surface area contributed by atoms with Crippen LogP contribution in [-0.2, 0) is 4.79 Å². The number of Topliss-reactive ketones (excluding diaryl/α,β-unsaturated/α-hetero) is 1. The first kappa shape index (κ1) is 6.98. The van der Waals surface area contributed by atoms with Crippen molar-refractivity contribution in [1.82, 2.24) is 0 Å². The van der Waals surface area contributed by atoms with Gasteiger partial charge in [-0.25, -0.2) is 0 Å². The fourth-order valence-corrected chi connectivity index (χ4v) is 0.396. The molecule has 0 bridgehead atoms. The highest BCUT2D eigenvalue weighted by molar-refractivity contribution is 7.81. The number of carbonyl (C=O) groups is 1. The normalized spacial score (nSPS) is 13.6. The molecule has 0 amide bonds. The van der Waals surface area contributed by atoms with E-state index < -0.39 is 6.10 Å². The van der Waals surface area contributed by atoms with E-state index >= 15 is 0 Å². The minimum atomic E-state index is -0.850. The second-order valence-corrected chi connectivity index (χ2v) is 1.62. The molecule has 2 nitrogen and oxygen atoms in total. The topological polar surface area (TPSA) is 37.3 Å². The summed E-state index contributed by atoms with van der Waals surface area (Å²) in [6.45, 7) is 1.43. The Balaban J connectivity index is 3.35. The van der Waals surface area contributed by atoms with E-state index in [1.165, 1.54) is 6.92 Å². The van der Waals surface area contributed by atoms with Gasteiger partial charge in [-0.2, -0.15) is 12.6 Å². The Bertz CT molecular complexity index is 70.1. The van der Waals surface area contributed by atoms with E-state index in [1.807, 2.05) is 0 Å². The van der Waals surface area contributed by atoms with E-state index in [0.29, 0.717) is 0 Å². The molecule has 0 aliphatic rings. The summed E-state index contributed by atoms with van der Waals surface area (Å²) in [6.07, 6.45) is -0.850. The van der Waals surface area contributed by atoms with Crippen LogP contribution in [0.4, 0.5) is 0 Å². The van der Waals surface area contributed by atoms with E-state index in [2.05, 4.69) is 12.6 Å². The molecule has 3 heteroatoms. The Kier molecular flexibility index (Phi) is 3.04. The molecule has 0 fully saturated rings. The third kappa shape index (κ3) is 2.65. The summed E-state index contributed by atoms with van der Waals surface area (Å²) in [7, 11) is 0. The van der Waals surface area contributed by atoms with Crippen molar-refractivity contribution >= 4 is 18.4 Å². The fraction of sp³-hybridized carbons (Fsp3) is 0.750. The molecule has 42 valence electrons. The molecule has 1 N–H and O–H groups in total. The van der Waals surface area contributed by atoms with Gasteiger partial charge in [-0.3, -0.25) is 4.79 Å². The minimum Gasteiger partial charge on any atom is -0.386 e. The average Bonchev–Trinajstić information content (AvgIpc) is 1.65. The van der Waals surface area contributed by atoms with Crippen LogP contribution < -0.4 is 0 Å². The Labute approximate surface area is 47.9 Å². The van der Waals surface area contributed by atoms with Gasteiger partial charge < -0.3 is 5.11 Å². The molecule has 0 aliphatic heterocycles. The summed E-state index contributed by atoms with van der Waals surface area (Å²) in [4.78, 5) is 10.2. The van der Waals surface area contributed by atoms with E-state index in [4.69, 9.17) is 5.11 Å². The molecule has 1 unspecified atom stereocenters. The quantitative estimate of drug-likeness (QED) is 0.498. The van der Waals surface area contributed by atoms with Crippen molar-refractivity contribution in [1.29, 1.82) is 0 Å². The van der Waals surface area contributed by atoms with Crippen molar-refractivity contribution in [2.45, 2.75) is 13.0 Å². The van der Waals surface area contributed by atoms with Crippen LogP contribution in [0.2, 0.25) is 0 Å². The second kappa shape index (κ2) is 3.04. The van der Waals surface area contributed by atoms with Gasteiger partial charge in [-0.1, -0.05) is 0 Å². The lowest BCUT2D eigenvalue weighted by molar-refractivity contribution is -0.123. The first-order valence-electron chi connectivity index (χ1n) is 2.00. The van der Waals surface area contributed by atoms with Crippen molar-refractivity contribution in [3.63, 3.8) is 0 Å². The Hall–Kier alpha value is -0.0200. The number of rotatable bonds is 2. The first-order valence-corrected chi connectivity index (χ1v) is 2.63. The van der Waals surface area contributed by atoms with Crippen LogP contribution in [0.15, 0.2) is 0 Å². The van der Waals surface area contributed by atoms with Crippen LogP contribution in [0.5, 0.6) is 0 Å². The van der Waals surface area contributed by atoms with Crippen molar-refractivity contribution in [3.05, 3.63) is 0 Å². The number of hydrogen-bond donors (Lipinski definition) is 2. The maximum absolute atomic E-state index is 10.2. The highest BCUT2D eigenvalue weighted by Crippen LogP contribution is 1.84. The highest BCUT2D eigenvalue weighted by Gasteiger charge is 2.03. The molecule has 0 spiro atoms. The second-order valence-electron chi connectivity index (χ2n) is 1.30. The minimum absolute atomic E-state index is 0.123. The zero-order chi connectivity index (χ0) is 5.86. The molecular weight excluding hydrogens is 112 g/mol. The van der Waals surface area contributed by atoms with Crippen molar-refractivity contribution in [2.75, 3.05) is 5.75 Å². The molecule has 0 saturated carbocycles. The molecule has 0 aromatic rings. The van der Waals surface area contributed by atoms with E-state index in [9.17, 15) is 4.79 Å². The van der Waals surface area contributed by atoms with Gasteiger partial charge >= 0.3 is 0 Å². The molecule has 0 rings (SSSR count). The third-order valence-corrected chi connectivity index (χ3v) is 0.933. The predicted octanol–water partition coefficient (Wildman–Crippen LogP) is -0.134. The van der Waals surface area contributed by atoms with Crippen LogP contribution in [-0.4, -0.2) is 22.7 Å². The molecular formula is C4H8O2S. The van der Waals surface area contributed by atoms with Gasteiger partial charge in [0.1, 0.15) is 6.10 Å². The third-order valence-electron chi connectivity index (χ3n) is 0.622. The zero-order valence-electron chi connectivity index (χ0n) is 4.09. The van der Waals surface area contributed by atoms with Gasteiger partial charge in [-0.05, 0) is 6.92 Å². The number of hydrogen-bond acceptors (Lipinski definition) is 3. The zero-order valence-corrected chi connectivity index (χ0v) is 4.98. The average molecular weight is 120 g/mol. The van der Waals surface area contributed by atoms with Crippen LogP contribution in [0, 0.1) is 0 Å². The van der Waals surface area contributed by atoms with Crippen LogP contribution >= 0.6 is 12.6 Å². The molecule has 0 heterocycles.